The summed E-state index contributed by atoms with van der Waals surface area (Å²) < 4.78 is 1.07. The first kappa shape index (κ1) is 15.3. The number of carbonyl (C=O) groups excluding carboxylic acids is 1. The van der Waals surface area contributed by atoms with E-state index in [2.05, 4.69) is 33.4 Å². The molecule has 1 aromatic carbocycles. The largest absolute Gasteiger partial charge is 0.394 e. The van der Waals surface area contributed by atoms with Crippen molar-refractivity contribution in [2.75, 3.05) is 20.2 Å². The van der Waals surface area contributed by atoms with Gasteiger partial charge < -0.3 is 15.3 Å². The molecule has 1 saturated carbocycles. The number of nitrogens with zero attached hydrogens (tertiary/aromatic N) is 1. The highest BCUT2D eigenvalue weighted by molar-refractivity contribution is 9.10. The second-order valence-corrected chi connectivity index (χ2v) is 6.51. The predicted octanol–water partition coefficient (Wildman–Crippen LogP) is 2.50. The molecular weight excluding hydrogens is 320 g/mol. The van der Waals surface area contributed by atoms with Gasteiger partial charge in [-0.05, 0) is 37.5 Å². The van der Waals surface area contributed by atoms with E-state index >= 15 is 0 Å². The standard InChI is InChI=1S/C15H21BrN2O2/c1-11(9-19)18(2)14(20)17-10-15(6-7-15)12-4-3-5-13(16)8-12/h3-5,8,11,19H,6-7,9-10H2,1-2H3,(H,17,20)/t11-/m1/s1. The van der Waals surface area contributed by atoms with Crippen molar-refractivity contribution in [1.29, 1.82) is 0 Å². The highest BCUT2D eigenvalue weighted by Crippen LogP contribution is 2.48. The number of hydrogen-bond acceptors (Lipinski definition) is 2. The smallest absolute Gasteiger partial charge is 0.317 e. The number of hydrogen-bond donors (Lipinski definition) is 2. The molecule has 0 saturated heterocycles. The Hall–Kier alpha value is -1.07. The normalized spacial score (nSPS) is 17.4. The van der Waals surface area contributed by atoms with Gasteiger partial charge in [0.05, 0.1) is 12.6 Å². The molecule has 0 heterocycles. The molecule has 0 radical (unpaired) electrons. The summed E-state index contributed by atoms with van der Waals surface area (Å²) >= 11 is 3.49. The lowest BCUT2D eigenvalue weighted by Gasteiger charge is -2.25. The second-order valence-electron chi connectivity index (χ2n) is 5.59. The maximum Gasteiger partial charge on any atom is 0.317 e. The lowest BCUT2D eigenvalue weighted by atomic mass is 9.96. The lowest BCUT2D eigenvalue weighted by Crippen LogP contribution is -2.45. The molecule has 0 aliphatic heterocycles. The van der Waals surface area contributed by atoms with E-state index in [1.54, 1.807) is 7.05 Å². The van der Waals surface area contributed by atoms with E-state index in [0.29, 0.717) is 6.54 Å². The van der Waals surface area contributed by atoms with Crippen LogP contribution in [0.1, 0.15) is 25.3 Å². The Labute approximate surface area is 128 Å². The third-order valence-electron chi connectivity index (χ3n) is 4.11. The highest BCUT2D eigenvalue weighted by atomic mass is 79.9. The average molecular weight is 341 g/mol. The third-order valence-corrected chi connectivity index (χ3v) is 4.61. The van der Waals surface area contributed by atoms with Crippen molar-refractivity contribution in [2.24, 2.45) is 0 Å². The molecule has 0 spiro atoms. The Morgan fingerprint density at radius 2 is 2.25 bits per heavy atom. The van der Waals surface area contributed by atoms with Gasteiger partial charge in [-0.3, -0.25) is 0 Å². The third kappa shape index (κ3) is 3.33. The summed E-state index contributed by atoms with van der Waals surface area (Å²) in [5.41, 5.74) is 1.35. The number of aliphatic hydroxyl groups is 1. The number of aliphatic hydroxyl groups excluding tert-OH is 1. The molecule has 5 heteroatoms. The van der Waals surface area contributed by atoms with Crippen LogP contribution in [0, 0.1) is 0 Å². The van der Waals surface area contributed by atoms with Gasteiger partial charge in [0.25, 0.3) is 0 Å². The molecule has 110 valence electrons. The van der Waals surface area contributed by atoms with E-state index in [1.807, 2.05) is 19.1 Å². The number of urea groups is 1. The fraction of sp³-hybridized carbons (Fsp3) is 0.533. The summed E-state index contributed by atoms with van der Waals surface area (Å²) in [5.74, 6) is 0. The van der Waals surface area contributed by atoms with Crippen LogP contribution in [0.2, 0.25) is 0 Å². The number of amides is 2. The van der Waals surface area contributed by atoms with Crippen LogP contribution in [-0.4, -0.2) is 42.3 Å². The van der Waals surface area contributed by atoms with Crippen molar-refractivity contribution in [3.05, 3.63) is 34.3 Å². The van der Waals surface area contributed by atoms with Crippen molar-refractivity contribution < 1.29 is 9.90 Å². The summed E-state index contributed by atoms with van der Waals surface area (Å²) in [6.07, 6.45) is 2.20. The first-order chi connectivity index (χ1) is 9.48. The zero-order valence-electron chi connectivity index (χ0n) is 11.9. The number of nitrogens with one attached hydrogen (secondary N) is 1. The van der Waals surface area contributed by atoms with Crippen LogP contribution in [0.4, 0.5) is 4.79 Å². The molecule has 0 unspecified atom stereocenters. The Kier molecular flexibility index (Phi) is 4.70. The molecule has 0 bridgehead atoms. The topological polar surface area (TPSA) is 52.6 Å². The molecule has 0 aromatic heterocycles. The maximum absolute atomic E-state index is 12.0. The van der Waals surface area contributed by atoms with Crippen molar-refractivity contribution >= 4 is 22.0 Å². The monoisotopic (exact) mass is 340 g/mol. The first-order valence-corrected chi connectivity index (χ1v) is 7.65. The second kappa shape index (κ2) is 6.14. The van der Waals surface area contributed by atoms with Crippen LogP contribution < -0.4 is 5.32 Å². The summed E-state index contributed by atoms with van der Waals surface area (Å²) in [7, 11) is 1.70. The molecule has 2 N–H and O–H groups in total. The van der Waals surface area contributed by atoms with Gasteiger partial charge in [0.15, 0.2) is 0 Å². The molecule has 2 rings (SSSR count). The van der Waals surface area contributed by atoms with Crippen molar-refractivity contribution in [3.63, 3.8) is 0 Å². The van der Waals surface area contributed by atoms with Crippen LogP contribution in [0.25, 0.3) is 0 Å². The summed E-state index contributed by atoms with van der Waals surface area (Å²) in [6, 6.07) is 7.98. The molecule has 1 aliphatic carbocycles. The van der Waals surface area contributed by atoms with Crippen LogP contribution in [0.3, 0.4) is 0 Å². The molecule has 4 nitrogen and oxygen atoms in total. The lowest BCUT2D eigenvalue weighted by molar-refractivity contribution is 0.157. The summed E-state index contributed by atoms with van der Waals surface area (Å²) in [5, 5.41) is 12.1. The number of benzene rings is 1. The fourth-order valence-corrected chi connectivity index (χ4v) is 2.63. The minimum absolute atomic E-state index is 0.0271. The van der Waals surface area contributed by atoms with E-state index < -0.39 is 0 Å². The zero-order chi connectivity index (χ0) is 14.8. The predicted molar refractivity (Wildman–Crippen MR) is 82.8 cm³/mol. The molecule has 1 aliphatic rings. The number of halogens is 1. The van der Waals surface area contributed by atoms with Gasteiger partial charge in [0, 0.05) is 23.5 Å². The van der Waals surface area contributed by atoms with E-state index in [0.717, 1.165) is 17.3 Å². The van der Waals surface area contributed by atoms with Crippen LogP contribution in [-0.2, 0) is 5.41 Å². The van der Waals surface area contributed by atoms with Gasteiger partial charge in [-0.15, -0.1) is 0 Å². The Bertz CT molecular complexity index is 489. The number of carbonyl (C=O) groups is 1. The highest BCUT2D eigenvalue weighted by Gasteiger charge is 2.44. The van der Waals surface area contributed by atoms with Crippen molar-refractivity contribution in [3.8, 4) is 0 Å². The summed E-state index contributed by atoms with van der Waals surface area (Å²) in [6.45, 7) is 2.44. The zero-order valence-corrected chi connectivity index (χ0v) is 13.5. The van der Waals surface area contributed by atoms with E-state index in [-0.39, 0.29) is 24.1 Å². The molecular formula is C15H21BrN2O2. The molecule has 1 aromatic rings. The van der Waals surface area contributed by atoms with Crippen LogP contribution in [0.5, 0.6) is 0 Å². The van der Waals surface area contributed by atoms with Crippen molar-refractivity contribution in [1.82, 2.24) is 10.2 Å². The van der Waals surface area contributed by atoms with Gasteiger partial charge in [-0.2, -0.15) is 0 Å². The van der Waals surface area contributed by atoms with Gasteiger partial charge >= 0.3 is 6.03 Å². The van der Waals surface area contributed by atoms with Crippen LogP contribution in [0.15, 0.2) is 28.7 Å². The average Bonchev–Trinajstić information content (AvgIpc) is 3.24. The van der Waals surface area contributed by atoms with Crippen molar-refractivity contribution in [2.45, 2.75) is 31.2 Å². The fourth-order valence-electron chi connectivity index (χ4n) is 2.23. The van der Waals surface area contributed by atoms with Gasteiger partial charge in [-0.1, -0.05) is 28.1 Å². The Balaban J connectivity index is 1.95. The minimum atomic E-state index is -0.170. The van der Waals surface area contributed by atoms with E-state index in [4.69, 9.17) is 5.11 Å². The Morgan fingerprint density at radius 1 is 1.55 bits per heavy atom. The minimum Gasteiger partial charge on any atom is -0.394 e. The quantitative estimate of drug-likeness (QED) is 0.865. The molecule has 20 heavy (non-hydrogen) atoms. The first-order valence-electron chi connectivity index (χ1n) is 6.86. The maximum atomic E-state index is 12.0. The number of rotatable bonds is 5. The Morgan fingerprint density at radius 3 is 2.80 bits per heavy atom. The molecule has 2 amide bonds. The summed E-state index contributed by atoms with van der Waals surface area (Å²) in [4.78, 5) is 13.5. The molecule has 1 atom stereocenters. The SMILES string of the molecule is C[C@H](CO)N(C)C(=O)NCC1(c2cccc(Br)c2)CC1. The van der Waals surface area contributed by atoms with E-state index in [1.165, 1.54) is 10.5 Å². The van der Waals surface area contributed by atoms with Gasteiger partial charge in [0.1, 0.15) is 0 Å². The van der Waals surface area contributed by atoms with Gasteiger partial charge in [0.2, 0.25) is 0 Å². The molecule has 1 fully saturated rings. The van der Waals surface area contributed by atoms with E-state index in [9.17, 15) is 4.79 Å². The van der Waals surface area contributed by atoms with Crippen LogP contribution >= 0.6 is 15.9 Å². The van der Waals surface area contributed by atoms with Gasteiger partial charge in [-0.25, -0.2) is 4.79 Å². The number of likely N-dealkylation sites (N-methyl/N-ethyl adjacent to an activating group) is 1.